The normalized spacial score (nSPS) is 15.5. The SMILES string of the molecule is C=CCC(C)NCC(O)COC(C)C. The third-order valence-corrected chi connectivity index (χ3v) is 1.84. The maximum absolute atomic E-state index is 9.50. The highest BCUT2D eigenvalue weighted by Crippen LogP contribution is 1.94. The summed E-state index contributed by atoms with van der Waals surface area (Å²) in [6.07, 6.45) is 2.53. The number of hydrogen-bond donors (Lipinski definition) is 2. The van der Waals surface area contributed by atoms with Gasteiger partial charge in [-0.15, -0.1) is 6.58 Å². The summed E-state index contributed by atoms with van der Waals surface area (Å²) < 4.78 is 5.29. The fourth-order valence-corrected chi connectivity index (χ4v) is 1.03. The Morgan fingerprint density at radius 1 is 1.43 bits per heavy atom. The van der Waals surface area contributed by atoms with Crippen molar-refractivity contribution in [2.75, 3.05) is 13.2 Å². The molecule has 0 saturated heterocycles. The molecule has 2 N–H and O–H groups in total. The molecule has 0 heterocycles. The summed E-state index contributed by atoms with van der Waals surface area (Å²) in [6.45, 7) is 10.6. The van der Waals surface area contributed by atoms with Gasteiger partial charge >= 0.3 is 0 Å². The summed E-state index contributed by atoms with van der Waals surface area (Å²) in [5.41, 5.74) is 0. The molecule has 0 fully saturated rings. The molecule has 84 valence electrons. The van der Waals surface area contributed by atoms with Crippen molar-refractivity contribution in [3.8, 4) is 0 Å². The lowest BCUT2D eigenvalue weighted by molar-refractivity contribution is 0.00566. The molecule has 0 aliphatic carbocycles. The van der Waals surface area contributed by atoms with Gasteiger partial charge in [0.25, 0.3) is 0 Å². The van der Waals surface area contributed by atoms with E-state index in [1.807, 2.05) is 19.9 Å². The molecule has 0 radical (unpaired) electrons. The number of rotatable bonds is 8. The van der Waals surface area contributed by atoms with Crippen LogP contribution in [0.3, 0.4) is 0 Å². The van der Waals surface area contributed by atoms with Crippen LogP contribution in [0.5, 0.6) is 0 Å². The average molecular weight is 201 g/mol. The molecule has 14 heavy (non-hydrogen) atoms. The Hall–Kier alpha value is -0.380. The second-order valence-corrected chi connectivity index (χ2v) is 3.87. The summed E-state index contributed by atoms with van der Waals surface area (Å²) in [5.74, 6) is 0. The molecule has 0 aromatic heterocycles. The van der Waals surface area contributed by atoms with E-state index in [0.29, 0.717) is 19.2 Å². The molecule has 0 bridgehead atoms. The first-order chi connectivity index (χ1) is 6.56. The summed E-state index contributed by atoms with van der Waals surface area (Å²) in [5, 5.41) is 12.7. The monoisotopic (exact) mass is 201 g/mol. The molecular weight excluding hydrogens is 178 g/mol. The molecule has 0 amide bonds. The molecule has 0 aromatic carbocycles. The standard InChI is InChI=1S/C11H23NO2/c1-5-6-10(4)12-7-11(13)8-14-9(2)3/h5,9-13H,1,6-8H2,2-4H3. The summed E-state index contributed by atoms with van der Waals surface area (Å²) in [6, 6.07) is 0.362. The van der Waals surface area contributed by atoms with Crippen molar-refractivity contribution >= 4 is 0 Å². The Morgan fingerprint density at radius 3 is 2.57 bits per heavy atom. The van der Waals surface area contributed by atoms with Crippen molar-refractivity contribution in [1.29, 1.82) is 0 Å². The maximum Gasteiger partial charge on any atom is 0.0897 e. The Morgan fingerprint density at radius 2 is 2.07 bits per heavy atom. The fourth-order valence-electron chi connectivity index (χ4n) is 1.03. The first-order valence-corrected chi connectivity index (χ1v) is 5.20. The highest BCUT2D eigenvalue weighted by molar-refractivity contribution is 4.75. The van der Waals surface area contributed by atoms with Crippen LogP contribution in [0.15, 0.2) is 12.7 Å². The second-order valence-electron chi connectivity index (χ2n) is 3.87. The Balaban J connectivity index is 3.42. The van der Waals surface area contributed by atoms with Crippen LogP contribution < -0.4 is 5.32 Å². The van der Waals surface area contributed by atoms with Crippen LogP contribution in [-0.4, -0.2) is 36.5 Å². The van der Waals surface area contributed by atoms with E-state index in [2.05, 4.69) is 18.8 Å². The zero-order chi connectivity index (χ0) is 11.0. The van der Waals surface area contributed by atoms with Crippen molar-refractivity contribution in [2.24, 2.45) is 0 Å². The molecule has 2 atom stereocenters. The van der Waals surface area contributed by atoms with Crippen LogP contribution in [0, 0.1) is 0 Å². The molecule has 0 aliphatic rings. The van der Waals surface area contributed by atoms with E-state index < -0.39 is 6.10 Å². The third kappa shape index (κ3) is 8.23. The average Bonchev–Trinajstić information content (AvgIpc) is 2.12. The van der Waals surface area contributed by atoms with Crippen molar-refractivity contribution in [2.45, 2.75) is 45.4 Å². The summed E-state index contributed by atoms with van der Waals surface area (Å²) >= 11 is 0. The molecule has 0 aromatic rings. The number of aliphatic hydroxyl groups is 1. The van der Waals surface area contributed by atoms with Gasteiger partial charge in [0.1, 0.15) is 0 Å². The molecule has 0 saturated carbocycles. The molecular formula is C11H23NO2. The van der Waals surface area contributed by atoms with E-state index in [-0.39, 0.29) is 6.10 Å². The Kier molecular flexibility index (Phi) is 7.76. The van der Waals surface area contributed by atoms with E-state index in [1.54, 1.807) is 0 Å². The fraction of sp³-hybridized carbons (Fsp3) is 0.818. The first kappa shape index (κ1) is 13.6. The Labute approximate surface area is 87.2 Å². The summed E-state index contributed by atoms with van der Waals surface area (Å²) in [4.78, 5) is 0. The van der Waals surface area contributed by atoms with Gasteiger partial charge < -0.3 is 15.2 Å². The Bertz CT molecular complexity index is 148. The van der Waals surface area contributed by atoms with Crippen LogP contribution in [-0.2, 0) is 4.74 Å². The zero-order valence-corrected chi connectivity index (χ0v) is 9.49. The van der Waals surface area contributed by atoms with Gasteiger partial charge in [-0.2, -0.15) is 0 Å². The van der Waals surface area contributed by atoms with Gasteiger partial charge in [0.2, 0.25) is 0 Å². The largest absolute Gasteiger partial charge is 0.389 e. The van der Waals surface area contributed by atoms with E-state index in [9.17, 15) is 5.11 Å². The molecule has 0 rings (SSSR count). The van der Waals surface area contributed by atoms with Crippen molar-refractivity contribution < 1.29 is 9.84 Å². The van der Waals surface area contributed by atoms with E-state index in [0.717, 1.165) is 6.42 Å². The van der Waals surface area contributed by atoms with Gasteiger partial charge in [0, 0.05) is 12.6 Å². The highest BCUT2D eigenvalue weighted by Gasteiger charge is 2.06. The third-order valence-electron chi connectivity index (χ3n) is 1.84. The van der Waals surface area contributed by atoms with Crippen LogP contribution in [0.2, 0.25) is 0 Å². The lowest BCUT2D eigenvalue weighted by Crippen LogP contribution is -2.36. The van der Waals surface area contributed by atoms with E-state index >= 15 is 0 Å². The second kappa shape index (κ2) is 7.97. The lowest BCUT2D eigenvalue weighted by Gasteiger charge is -2.17. The number of nitrogens with one attached hydrogen (secondary N) is 1. The van der Waals surface area contributed by atoms with E-state index in [4.69, 9.17) is 4.74 Å². The van der Waals surface area contributed by atoms with Crippen LogP contribution in [0.1, 0.15) is 27.2 Å². The predicted molar refractivity (Wildman–Crippen MR) is 59.4 cm³/mol. The minimum Gasteiger partial charge on any atom is -0.389 e. The number of hydrogen-bond acceptors (Lipinski definition) is 3. The maximum atomic E-state index is 9.50. The van der Waals surface area contributed by atoms with Gasteiger partial charge in [-0.05, 0) is 27.2 Å². The molecule has 2 unspecified atom stereocenters. The molecule has 0 spiro atoms. The smallest absolute Gasteiger partial charge is 0.0897 e. The van der Waals surface area contributed by atoms with Crippen molar-refractivity contribution in [1.82, 2.24) is 5.32 Å². The van der Waals surface area contributed by atoms with Gasteiger partial charge in [-0.25, -0.2) is 0 Å². The van der Waals surface area contributed by atoms with Gasteiger partial charge in [-0.3, -0.25) is 0 Å². The topological polar surface area (TPSA) is 41.5 Å². The van der Waals surface area contributed by atoms with Gasteiger partial charge in [0.05, 0.1) is 18.8 Å². The first-order valence-electron chi connectivity index (χ1n) is 5.20. The minimum atomic E-state index is -0.426. The molecule has 3 nitrogen and oxygen atoms in total. The van der Waals surface area contributed by atoms with E-state index in [1.165, 1.54) is 0 Å². The molecule has 0 aliphatic heterocycles. The molecule has 3 heteroatoms. The van der Waals surface area contributed by atoms with Crippen LogP contribution >= 0.6 is 0 Å². The van der Waals surface area contributed by atoms with Crippen LogP contribution in [0.25, 0.3) is 0 Å². The predicted octanol–water partition coefficient (Wildman–Crippen LogP) is 1.33. The number of ether oxygens (including phenoxy) is 1. The van der Waals surface area contributed by atoms with Gasteiger partial charge in [-0.1, -0.05) is 6.08 Å². The zero-order valence-electron chi connectivity index (χ0n) is 9.49. The minimum absolute atomic E-state index is 0.176. The summed E-state index contributed by atoms with van der Waals surface area (Å²) in [7, 11) is 0. The van der Waals surface area contributed by atoms with Crippen molar-refractivity contribution in [3.63, 3.8) is 0 Å². The lowest BCUT2D eigenvalue weighted by atomic mass is 10.2. The van der Waals surface area contributed by atoms with Crippen molar-refractivity contribution in [3.05, 3.63) is 12.7 Å². The number of aliphatic hydroxyl groups excluding tert-OH is 1. The highest BCUT2D eigenvalue weighted by atomic mass is 16.5. The quantitative estimate of drug-likeness (QED) is 0.582. The van der Waals surface area contributed by atoms with Crippen LogP contribution in [0.4, 0.5) is 0 Å². The van der Waals surface area contributed by atoms with Gasteiger partial charge in [0.15, 0.2) is 0 Å².